The summed E-state index contributed by atoms with van der Waals surface area (Å²) in [5.74, 6) is 1.12. The molecule has 2 saturated heterocycles. The summed E-state index contributed by atoms with van der Waals surface area (Å²) >= 11 is 0. The first-order chi connectivity index (χ1) is 13.1. The van der Waals surface area contributed by atoms with Gasteiger partial charge < -0.3 is 19.5 Å². The van der Waals surface area contributed by atoms with E-state index in [0.29, 0.717) is 36.4 Å². The van der Waals surface area contributed by atoms with Gasteiger partial charge in [-0.05, 0) is 37.0 Å². The largest absolute Gasteiger partial charge is 0.491 e. The van der Waals surface area contributed by atoms with Gasteiger partial charge in [-0.25, -0.2) is 0 Å². The van der Waals surface area contributed by atoms with E-state index in [0.717, 1.165) is 45.8 Å². The predicted molar refractivity (Wildman–Crippen MR) is 104 cm³/mol. The Kier molecular flexibility index (Phi) is 7.50. The molecular weight excluding hydrogens is 344 g/mol. The van der Waals surface area contributed by atoms with Crippen molar-refractivity contribution in [3.05, 3.63) is 29.8 Å². The Morgan fingerprint density at radius 2 is 2.11 bits per heavy atom. The number of morpholine rings is 1. The number of hydrogen-bond donors (Lipinski definition) is 1. The zero-order chi connectivity index (χ0) is 19.1. The van der Waals surface area contributed by atoms with E-state index in [1.54, 1.807) is 0 Å². The minimum Gasteiger partial charge on any atom is -0.491 e. The highest BCUT2D eigenvalue weighted by molar-refractivity contribution is 5.94. The molecule has 6 heteroatoms. The number of nitrogens with zero attached hydrogens (tertiary/aromatic N) is 1. The standard InChI is InChI=1S/C21H32N2O4/c1-16(2)20(23-8-11-25-12-9-23)14-22-21(24)17-5-3-6-18(13-17)27-15-19-7-4-10-26-19/h3,5-6,13,16,19-20H,4,7-12,14-15H2,1-2H3,(H,22,24). The Morgan fingerprint density at radius 1 is 1.30 bits per heavy atom. The van der Waals surface area contributed by atoms with Gasteiger partial charge in [0.25, 0.3) is 5.91 Å². The number of benzene rings is 1. The van der Waals surface area contributed by atoms with Crippen molar-refractivity contribution in [1.82, 2.24) is 10.2 Å². The highest BCUT2D eigenvalue weighted by atomic mass is 16.5. The van der Waals surface area contributed by atoms with Crippen LogP contribution in [-0.4, -0.2) is 69.0 Å². The van der Waals surface area contributed by atoms with E-state index in [-0.39, 0.29) is 12.0 Å². The summed E-state index contributed by atoms with van der Waals surface area (Å²) in [6.45, 7) is 9.77. The van der Waals surface area contributed by atoms with Crippen LogP contribution in [0.1, 0.15) is 37.0 Å². The normalized spacial score (nSPS) is 22.0. The maximum absolute atomic E-state index is 12.6. The predicted octanol–water partition coefficient (Wildman–Crippen LogP) is 2.33. The van der Waals surface area contributed by atoms with Gasteiger partial charge in [0.2, 0.25) is 0 Å². The lowest BCUT2D eigenvalue weighted by atomic mass is 10.0. The number of ether oxygens (including phenoxy) is 3. The second-order valence-corrected chi connectivity index (χ2v) is 7.64. The minimum absolute atomic E-state index is 0.0588. The third-order valence-electron chi connectivity index (χ3n) is 5.31. The van der Waals surface area contributed by atoms with Gasteiger partial charge in [-0.3, -0.25) is 9.69 Å². The van der Waals surface area contributed by atoms with Crippen molar-refractivity contribution in [1.29, 1.82) is 0 Å². The summed E-state index contributed by atoms with van der Waals surface area (Å²) < 4.78 is 16.8. The molecule has 1 aromatic rings. The van der Waals surface area contributed by atoms with Gasteiger partial charge >= 0.3 is 0 Å². The van der Waals surface area contributed by atoms with E-state index in [4.69, 9.17) is 14.2 Å². The van der Waals surface area contributed by atoms with Crippen molar-refractivity contribution in [3.8, 4) is 5.75 Å². The van der Waals surface area contributed by atoms with Crippen LogP contribution in [0.15, 0.2) is 24.3 Å². The van der Waals surface area contributed by atoms with E-state index >= 15 is 0 Å². The molecule has 0 radical (unpaired) electrons. The van der Waals surface area contributed by atoms with E-state index < -0.39 is 0 Å². The Morgan fingerprint density at radius 3 is 2.81 bits per heavy atom. The first-order valence-corrected chi connectivity index (χ1v) is 10.1. The van der Waals surface area contributed by atoms with Crippen molar-refractivity contribution in [2.24, 2.45) is 5.92 Å². The fourth-order valence-corrected chi connectivity index (χ4v) is 3.69. The van der Waals surface area contributed by atoms with Crippen LogP contribution < -0.4 is 10.1 Å². The second kappa shape index (κ2) is 10.1. The van der Waals surface area contributed by atoms with Crippen molar-refractivity contribution >= 4 is 5.91 Å². The topological polar surface area (TPSA) is 60.0 Å². The first kappa shape index (κ1) is 20.1. The van der Waals surface area contributed by atoms with Gasteiger partial charge in [0.05, 0.1) is 19.3 Å². The van der Waals surface area contributed by atoms with E-state index in [9.17, 15) is 4.79 Å². The summed E-state index contributed by atoms with van der Waals surface area (Å²) in [5.41, 5.74) is 0.629. The molecule has 27 heavy (non-hydrogen) atoms. The van der Waals surface area contributed by atoms with Gasteiger partial charge in [-0.1, -0.05) is 19.9 Å². The highest BCUT2D eigenvalue weighted by Crippen LogP contribution is 2.18. The van der Waals surface area contributed by atoms with Gasteiger partial charge in [0.1, 0.15) is 12.4 Å². The molecule has 3 rings (SSSR count). The van der Waals surface area contributed by atoms with Gasteiger partial charge in [-0.2, -0.15) is 0 Å². The van der Waals surface area contributed by atoms with Gasteiger partial charge in [-0.15, -0.1) is 0 Å². The SMILES string of the molecule is CC(C)C(CNC(=O)c1cccc(OCC2CCCO2)c1)N1CCOCC1. The molecule has 0 spiro atoms. The number of carbonyl (C=O) groups excluding carboxylic acids is 1. The minimum atomic E-state index is -0.0588. The molecule has 1 amide bonds. The fraction of sp³-hybridized carbons (Fsp3) is 0.667. The second-order valence-electron chi connectivity index (χ2n) is 7.64. The molecule has 0 aromatic heterocycles. The molecule has 2 fully saturated rings. The smallest absolute Gasteiger partial charge is 0.251 e. The molecule has 0 saturated carbocycles. The maximum Gasteiger partial charge on any atom is 0.251 e. The molecule has 0 bridgehead atoms. The fourth-order valence-electron chi connectivity index (χ4n) is 3.69. The van der Waals surface area contributed by atoms with Crippen LogP contribution in [0.25, 0.3) is 0 Å². The van der Waals surface area contributed by atoms with E-state index in [1.165, 1.54) is 0 Å². The van der Waals surface area contributed by atoms with Crippen molar-refractivity contribution in [3.63, 3.8) is 0 Å². The number of hydrogen-bond acceptors (Lipinski definition) is 5. The molecule has 2 unspecified atom stereocenters. The van der Waals surface area contributed by atoms with Crippen LogP contribution >= 0.6 is 0 Å². The van der Waals surface area contributed by atoms with Crippen molar-refractivity contribution < 1.29 is 19.0 Å². The maximum atomic E-state index is 12.6. The lowest BCUT2D eigenvalue weighted by molar-refractivity contribution is 0.00672. The molecule has 1 aromatic carbocycles. The third-order valence-corrected chi connectivity index (χ3v) is 5.31. The summed E-state index contributed by atoms with van der Waals surface area (Å²) in [4.78, 5) is 15.0. The monoisotopic (exact) mass is 376 g/mol. The van der Waals surface area contributed by atoms with Crippen LogP contribution in [0.4, 0.5) is 0 Å². The first-order valence-electron chi connectivity index (χ1n) is 10.1. The molecule has 2 aliphatic heterocycles. The van der Waals surface area contributed by atoms with Crippen LogP contribution in [0, 0.1) is 5.92 Å². The number of nitrogens with one attached hydrogen (secondary N) is 1. The molecular formula is C21H32N2O4. The molecule has 2 aliphatic rings. The lowest BCUT2D eigenvalue weighted by Gasteiger charge is -2.36. The Hall–Kier alpha value is -1.63. The summed E-state index contributed by atoms with van der Waals surface area (Å²) in [7, 11) is 0. The van der Waals surface area contributed by atoms with Crippen molar-refractivity contribution in [2.45, 2.75) is 38.8 Å². The molecule has 6 nitrogen and oxygen atoms in total. The van der Waals surface area contributed by atoms with E-state index in [2.05, 4.69) is 24.1 Å². The van der Waals surface area contributed by atoms with Crippen LogP contribution in [0.2, 0.25) is 0 Å². The molecule has 0 aliphatic carbocycles. The Bertz CT molecular complexity index is 596. The summed E-state index contributed by atoms with van der Waals surface area (Å²) in [6.07, 6.45) is 2.30. The quantitative estimate of drug-likeness (QED) is 0.755. The van der Waals surface area contributed by atoms with Gasteiger partial charge in [0.15, 0.2) is 0 Å². The van der Waals surface area contributed by atoms with Crippen LogP contribution in [0.5, 0.6) is 5.75 Å². The molecule has 2 atom stereocenters. The number of rotatable bonds is 8. The zero-order valence-corrected chi connectivity index (χ0v) is 16.5. The Labute approximate surface area is 162 Å². The molecule has 2 heterocycles. The highest BCUT2D eigenvalue weighted by Gasteiger charge is 2.24. The summed E-state index contributed by atoms with van der Waals surface area (Å²) in [5, 5.41) is 3.10. The third kappa shape index (κ3) is 5.92. The van der Waals surface area contributed by atoms with E-state index in [1.807, 2.05) is 24.3 Å². The average molecular weight is 376 g/mol. The van der Waals surface area contributed by atoms with Crippen molar-refractivity contribution in [2.75, 3.05) is 46.1 Å². The number of carbonyl (C=O) groups is 1. The lowest BCUT2D eigenvalue weighted by Crippen LogP contribution is -2.51. The Balaban J connectivity index is 1.52. The molecule has 150 valence electrons. The van der Waals surface area contributed by atoms with Gasteiger partial charge in [0, 0.05) is 37.8 Å². The zero-order valence-electron chi connectivity index (χ0n) is 16.5. The average Bonchev–Trinajstić information content (AvgIpc) is 3.21. The molecule has 1 N–H and O–H groups in total. The summed E-state index contributed by atoms with van der Waals surface area (Å²) in [6, 6.07) is 7.70. The number of amides is 1. The van der Waals surface area contributed by atoms with Crippen LogP contribution in [0.3, 0.4) is 0 Å². The van der Waals surface area contributed by atoms with Crippen LogP contribution in [-0.2, 0) is 9.47 Å².